The summed E-state index contributed by atoms with van der Waals surface area (Å²) in [5.74, 6) is 1.34. The molecule has 0 spiro atoms. The van der Waals surface area contributed by atoms with Gasteiger partial charge < -0.3 is 10.1 Å². The van der Waals surface area contributed by atoms with Crippen LogP contribution in [-0.2, 0) is 10.0 Å². The first-order chi connectivity index (χ1) is 11.5. The van der Waals surface area contributed by atoms with Gasteiger partial charge in [-0.05, 0) is 68.3 Å². The van der Waals surface area contributed by atoms with Crippen LogP contribution in [-0.4, -0.2) is 27.5 Å². The summed E-state index contributed by atoms with van der Waals surface area (Å²) in [6, 6.07) is 14.4. The molecule has 0 amide bonds. The number of aryl methyl sites for hydroxylation is 1. The highest BCUT2D eigenvalue weighted by Gasteiger charge is 2.19. The Balaban J connectivity index is 1.64. The molecule has 1 aliphatic rings. The van der Waals surface area contributed by atoms with E-state index in [-0.39, 0.29) is 10.9 Å². The minimum absolute atomic E-state index is 0.226. The van der Waals surface area contributed by atoms with E-state index < -0.39 is 10.0 Å². The number of hydrogen-bond donors (Lipinski definition) is 2. The normalized spacial score (nSPS) is 17.8. The van der Waals surface area contributed by atoms with Crippen molar-refractivity contribution in [3.8, 4) is 11.5 Å². The lowest BCUT2D eigenvalue weighted by Gasteiger charge is -2.12. The van der Waals surface area contributed by atoms with Crippen molar-refractivity contribution in [2.75, 3.05) is 13.1 Å². The van der Waals surface area contributed by atoms with Crippen LogP contribution in [0.5, 0.6) is 11.5 Å². The fraction of sp³-hybridized carbons (Fsp3) is 0.333. The topological polar surface area (TPSA) is 67.4 Å². The van der Waals surface area contributed by atoms with Gasteiger partial charge in [0.05, 0.1) is 4.90 Å². The van der Waals surface area contributed by atoms with Gasteiger partial charge in [0.25, 0.3) is 0 Å². The molecule has 0 saturated carbocycles. The fourth-order valence-electron chi connectivity index (χ4n) is 2.73. The number of benzene rings is 2. The highest BCUT2D eigenvalue weighted by atomic mass is 32.2. The summed E-state index contributed by atoms with van der Waals surface area (Å²) in [5.41, 5.74) is 1.11. The number of nitrogens with one attached hydrogen (secondary N) is 2. The molecule has 5 nitrogen and oxygen atoms in total. The molecule has 0 aliphatic carbocycles. The standard InChI is InChI=1S/C18H22N2O3S/c1-14-4-2-6-17(12-14)23-16-7-9-18(10-8-16)24(21,22)20-13-15-5-3-11-19-15/h2,4,6-10,12,15,19-20H,3,5,11,13H2,1H3. The van der Waals surface area contributed by atoms with Crippen LogP contribution in [0.3, 0.4) is 0 Å². The zero-order valence-corrected chi connectivity index (χ0v) is 14.5. The maximum Gasteiger partial charge on any atom is 0.240 e. The predicted octanol–water partition coefficient (Wildman–Crippen LogP) is 2.82. The maximum atomic E-state index is 12.3. The van der Waals surface area contributed by atoms with E-state index in [1.54, 1.807) is 24.3 Å². The minimum Gasteiger partial charge on any atom is -0.457 e. The summed E-state index contributed by atoms with van der Waals surface area (Å²) in [7, 11) is -3.49. The van der Waals surface area contributed by atoms with Crippen molar-refractivity contribution in [1.29, 1.82) is 0 Å². The molecule has 1 aliphatic heterocycles. The summed E-state index contributed by atoms with van der Waals surface area (Å²) in [4.78, 5) is 0.247. The van der Waals surface area contributed by atoms with Gasteiger partial charge in [-0.1, -0.05) is 12.1 Å². The molecule has 1 saturated heterocycles. The third-order valence-electron chi connectivity index (χ3n) is 4.04. The molecule has 3 rings (SSSR count). The smallest absolute Gasteiger partial charge is 0.240 e. The lowest BCUT2D eigenvalue weighted by molar-refractivity contribution is 0.481. The van der Waals surface area contributed by atoms with Crippen molar-refractivity contribution in [2.45, 2.75) is 30.7 Å². The average Bonchev–Trinajstić information content (AvgIpc) is 3.07. The Labute approximate surface area is 143 Å². The van der Waals surface area contributed by atoms with Gasteiger partial charge in [0.2, 0.25) is 10.0 Å². The lowest BCUT2D eigenvalue weighted by Crippen LogP contribution is -2.37. The Morgan fingerprint density at radius 3 is 2.62 bits per heavy atom. The molecule has 0 bridgehead atoms. The predicted molar refractivity (Wildman–Crippen MR) is 93.9 cm³/mol. The van der Waals surface area contributed by atoms with Gasteiger partial charge in [-0.3, -0.25) is 0 Å². The van der Waals surface area contributed by atoms with Crippen LogP contribution in [0.15, 0.2) is 53.4 Å². The second-order valence-electron chi connectivity index (χ2n) is 6.04. The highest BCUT2D eigenvalue weighted by molar-refractivity contribution is 7.89. The molecule has 0 radical (unpaired) electrons. The molecule has 2 aromatic rings. The van der Waals surface area contributed by atoms with Crippen LogP contribution >= 0.6 is 0 Å². The molecule has 128 valence electrons. The van der Waals surface area contributed by atoms with Crippen LogP contribution in [0.4, 0.5) is 0 Å². The molecular formula is C18H22N2O3S. The van der Waals surface area contributed by atoms with Crippen molar-refractivity contribution in [3.05, 3.63) is 54.1 Å². The molecule has 1 atom stereocenters. The Morgan fingerprint density at radius 2 is 1.96 bits per heavy atom. The van der Waals surface area contributed by atoms with E-state index in [0.717, 1.165) is 30.7 Å². The lowest BCUT2D eigenvalue weighted by atomic mass is 10.2. The molecule has 24 heavy (non-hydrogen) atoms. The van der Waals surface area contributed by atoms with Gasteiger partial charge in [0.1, 0.15) is 11.5 Å². The Hall–Kier alpha value is -1.89. The molecule has 2 N–H and O–H groups in total. The molecule has 0 aromatic heterocycles. The first kappa shape index (κ1) is 17.0. The molecule has 1 unspecified atom stereocenters. The van der Waals surface area contributed by atoms with E-state index in [9.17, 15) is 8.42 Å². The quantitative estimate of drug-likeness (QED) is 0.844. The number of sulfonamides is 1. The van der Waals surface area contributed by atoms with Gasteiger partial charge in [-0.15, -0.1) is 0 Å². The van der Waals surface area contributed by atoms with Crippen LogP contribution in [0.25, 0.3) is 0 Å². The van der Waals surface area contributed by atoms with Crippen molar-refractivity contribution >= 4 is 10.0 Å². The zero-order valence-electron chi connectivity index (χ0n) is 13.7. The fourth-order valence-corrected chi connectivity index (χ4v) is 3.81. The minimum atomic E-state index is -3.49. The maximum absolute atomic E-state index is 12.3. The van der Waals surface area contributed by atoms with Crippen molar-refractivity contribution in [2.24, 2.45) is 0 Å². The van der Waals surface area contributed by atoms with E-state index in [4.69, 9.17) is 4.74 Å². The third-order valence-corrected chi connectivity index (χ3v) is 5.48. The van der Waals surface area contributed by atoms with Gasteiger partial charge in [-0.25, -0.2) is 13.1 Å². The summed E-state index contributed by atoms with van der Waals surface area (Å²) in [6.45, 7) is 3.37. The monoisotopic (exact) mass is 346 g/mol. The van der Waals surface area contributed by atoms with Gasteiger partial charge >= 0.3 is 0 Å². The second-order valence-corrected chi connectivity index (χ2v) is 7.80. The summed E-state index contributed by atoms with van der Waals surface area (Å²) in [6.07, 6.45) is 2.10. The SMILES string of the molecule is Cc1cccc(Oc2ccc(S(=O)(=O)NCC3CCCN3)cc2)c1. The van der Waals surface area contributed by atoms with Gasteiger partial charge in [0.15, 0.2) is 0 Å². The summed E-state index contributed by atoms with van der Waals surface area (Å²) in [5, 5.41) is 3.27. The van der Waals surface area contributed by atoms with Crippen molar-refractivity contribution in [3.63, 3.8) is 0 Å². The van der Waals surface area contributed by atoms with E-state index in [1.165, 1.54) is 0 Å². The Bertz CT molecular complexity index is 782. The number of hydrogen-bond acceptors (Lipinski definition) is 4. The van der Waals surface area contributed by atoms with Crippen LogP contribution in [0, 0.1) is 6.92 Å². The molecule has 6 heteroatoms. The van der Waals surface area contributed by atoms with Crippen LogP contribution in [0.2, 0.25) is 0 Å². The molecule has 1 heterocycles. The largest absolute Gasteiger partial charge is 0.457 e. The highest BCUT2D eigenvalue weighted by Crippen LogP contribution is 2.23. The summed E-state index contributed by atoms with van der Waals surface area (Å²) < 4.78 is 33.1. The number of rotatable bonds is 6. The van der Waals surface area contributed by atoms with E-state index in [0.29, 0.717) is 12.3 Å². The van der Waals surface area contributed by atoms with Crippen LogP contribution in [0.1, 0.15) is 18.4 Å². The molecule has 2 aromatic carbocycles. The number of ether oxygens (including phenoxy) is 1. The van der Waals surface area contributed by atoms with Gasteiger partial charge in [-0.2, -0.15) is 0 Å². The summed E-state index contributed by atoms with van der Waals surface area (Å²) >= 11 is 0. The van der Waals surface area contributed by atoms with Gasteiger partial charge in [0, 0.05) is 12.6 Å². The van der Waals surface area contributed by atoms with Crippen molar-refractivity contribution in [1.82, 2.24) is 10.0 Å². The zero-order chi connectivity index (χ0) is 17.0. The van der Waals surface area contributed by atoms with E-state index in [2.05, 4.69) is 10.0 Å². The molecule has 1 fully saturated rings. The van der Waals surface area contributed by atoms with E-state index in [1.807, 2.05) is 31.2 Å². The van der Waals surface area contributed by atoms with Crippen LogP contribution < -0.4 is 14.8 Å². The Morgan fingerprint density at radius 1 is 1.17 bits per heavy atom. The first-order valence-corrected chi connectivity index (χ1v) is 9.59. The Kier molecular flexibility index (Phi) is 5.18. The first-order valence-electron chi connectivity index (χ1n) is 8.10. The van der Waals surface area contributed by atoms with Crippen molar-refractivity contribution < 1.29 is 13.2 Å². The molecular weight excluding hydrogens is 324 g/mol. The third kappa shape index (κ3) is 4.35. The average molecular weight is 346 g/mol. The second kappa shape index (κ2) is 7.34. The van der Waals surface area contributed by atoms with E-state index >= 15 is 0 Å².